The second kappa shape index (κ2) is 5.08. The second-order valence-corrected chi connectivity index (χ2v) is 4.23. The van der Waals surface area contributed by atoms with E-state index in [2.05, 4.69) is 5.32 Å². The lowest BCUT2D eigenvalue weighted by Gasteiger charge is -2.34. The van der Waals surface area contributed by atoms with Crippen molar-refractivity contribution in [3.05, 3.63) is 11.8 Å². The molecule has 1 fully saturated rings. The van der Waals surface area contributed by atoms with Gasteiger partial charge in [0.15, 0.2) is 0 Å². The molecule has 0 bridgehead atoms. The molecular formula is C11H19F3N2. The van der Waals surface area contributed by atoms with Crippen LogP contribution in [0.2, 0.25) is 0 Å². The van der Waals surface area contributed by atoms with Crippen LogP contribution in [0.4, 0.5) is 13.2 Å². The van der Waals surface area contributed by atoms with Crippen molar-refractivity contribution in [3.8, 4) is 0 Å². The van der Waals surface area contributed by atoms with Gasteiger partial charge >= 0.3 is 6.18 Å². The van der Waals surface area contributed by atoms with E-state index in [-0.39, 0.29) is 12.1 Å². The highest BCUT2D eigenvalue weighted by molar-refractivity contribution is 5.08. The van der Waals surface area contributed by atoms with E-state index in [0.717, 1.165) is 25.5 Å². The molecule has 0 aromatic rings. The molecular weight excluding hydrogens is 217 g/mol. The standard InChI is InChI=1S/C11H19F3N2/c1-4-10(11(12,13)14)16(3)8(2)9-6-5-7-15-9/h4,8-9,15H,5-7H2,1-3H3/b10-4-. The third-order valence-corrected chi connectivity index (χ3v) is 3.24. The smallest absolute Gasteiger partial charge is 0.367 e. The van der Waals surface area contributed by atoms with Gasteiger partial charge < -0.3 is 10.2 Å². The Morgan fingerprint density at radius 3 is 2.50 bits per heavy atom. The zero-order valence-electron chi connectivity index (χ0n) is 9.93. The molecule has 2 unspecified atom stereocenters. The Kier molecular flexibility index (Phi) is 4.24. The summed E-state index contributed by atoms with van der Waals surface area (Å²) < 4.78 is 38.1. The van der Waals surface area contributed by atoms with E-state index >= 15 is 0 Å². The summed E-state index contributed by atoms with van der Waals surface area (Å²) in [5, 5.41) is 3.23. The van der Waals surface area contributed by atoms with Crippen molar-refractivity contribution in [1.29, 1.82) is 0 Å². The molecule has 1 aliphatic heterocycles. The Hall–Kier alpha value is -0.710. The summed E-state index contributed by atoms with van der Waals surface area (Å²) in [5.74, 6) is 0. The molecule has 0 radical (unpaired) electrons. The lowest BCUT2D eigenvalue weighted by Crippen LogP contribution is -2.45. The molecule has 2 atom stereocenters. The SMILES string of the molecule is C/C=C(\N(C)C(C)C1CCCN1)C(F)(F)F. The van der Waals surface area contributed by atoms with E-state index in [4.69, 9.17) is 0 Å². The van der Waals surface area contributed by atoms with Gasteiger partial charge in [-0.25, -0.2) is 0 Å². The molecule has 0 aliphatic carbocycles. The van der Waals surface area contributed by atoms with Crippen LogP contribution in [0.1, 0.15) is 26.7 Å². The summed E-state index contributed by atoms with van der Waals surface area (Å²) in [6.45, 7) is 4.16. The van der Waals surface area contributed by atoms with Crippen molar-refractivity contribution >= 4 is 0 Å². The molecule has 2 nitrogen and oxygen atoms in total. The number of hydrogen-bond donors (Lipinski definition) is 1. The minimum atomic E-state index is -4.27. The summed E-state index contributed by atoms with van der Waals surface area (Å²) in [7, 11) is 1.51. The molecule has 0 spiro atoms. The predicted molar refractivity (Wildman–Crippen MR) is 58.1 cm³/mol. The molecule has 94 valence electrons. The first-order chi connectivity index (χ1) is 7.38. The Labute approximate surface area is 94.5 Å². The molecule has 1 heterocycles. The van der Waals surface area contributed by atoms with Crippen LogP contribution in [-0.4, -0.2) is 36.8 Å². The fraction of sp³-hybridized carbons (Fsp3) is 0.818. The quantitative estimate of drug-likeness (QED) is 0.810. The van der Waals surface area contributed by atoms with Gasteiger partial charge in [-0.05, 0) is 33.2 Å². The number of alkyl halides is 3. The van der Waals surface area contributed by atoms with E-state index < -0.39 is 11.9 Å². The molecule has 0 aromatic carbocycles. The predicted octanol–water partition coefficient (Wildman–Crippen LogP) is 2.52. The van der Waals surface area contributed by atoms with Gasteiger partial charge in [0.05, 0.1) is 0 Å². The monoisotopic (exact) mass is 236 g/mol. The van der Waals surface area contributed by atoms with Gasteiger partial charge in [0.25, 0.3) is 0 Å². The Morgan fingerprint density at radius 2 is 2.12 bits per heavy atom. The van der Waals surface area contributed by atoms with Crippen molar-refractivity contribution in [2.24, 2.45) is 0 Å². The van der Waals surface area contributed by atoms with Crippen molar-refractivity contribution in [3.63, 3.8) is 0 Å². The maximum absolute atomic E-state index is 12.7. The fourth-order valence-corrected chi connectivity index (χ4v) is 2.18. The van der Waals surface area contributed by atoms with Crippen molar-refractivity contribution in [2.75, 3.05) is 13.6 Å². The van der Waals surface area contributed by atoms with E-state index in [0.29, 0.717) is 0 Å². The van der Waals surface area contributed by atoms with Crippen LogP contribution in [0.25, 0.3) is 0 Å². The van der Waals surface area contributed by atoms with Gasteiger partial charge in [-0.15, -0.1) is 0 Å². The van der Waals surface area contributed by atoms with E-state index in [1.54, 1.807) is 0 Å². The van der Waals surface area contributed by atoms with Gasteiger partial charge in [-0.2, -0.15) is 13.2 Å². The summed E-state index contributed by atoms with van der Waals surface area (Å²) >= 11 is 0. The van der Waals surface area contributed by atoms with Gasteiger partial charge in [0.1, 0.15) is 5.70 Å². The first-order valence-electron chi connectivity index (χ1n) is 5.57. The molecule has 1 saturated heterocycles. The van der Waals surface area contributed by atoms with Crippen LogP contribution in [-0.2, 0) is 0 Å². The summed E-state index contributed by atoms with van der Waals surface area (Å²) in [5.41, 5.74) is -0.561. The number of nitrogens with one attached hydrogen (secondary N) is 1. The third-order valence-electron chi connectivity index (χ3n) is 3.24. The largest absolute Gasteiger partial charge is 0.430 e. The molecule has 0 amide bonds. The van der Waals surface area contributed by atoms with Crippen LogP contribution in [0.15, 0.2) is 11.8 Å². The van der Waals surface area contributed by atoms with Gasteiger partial charge in [-0.1, -0.05) is 6.08 Å². The van der Waals surface area contributed by atoms with Gasteiger partial charge in [0.2, 0.25) is 0 Å². The van der Waals surface area contributed by atoms with Crippen molar-refractivity contribution in [1.82, 2.24) is 10.2 Å². The zero-order chi connectivity index (χ0) is 12.3. The fourth-order valence-electron chi connectivity index (χ4n) is 2.18. The maximum Gasteiger partial charge on any atom is 0.430 e. The van der Waals surface area contributed by atoms with Crippen molar-refractivity contribution in [2.45, 2.75) is 44.9 Å². The topological polar surface area (TPSA) is 15.3 Å². The Bertz CT molecular complexity index is 254. The van der Waals surface area contributed by atoms with E-state index in [9.17, 15) is 13.2 Å². The van der Waals surface area contributed by atoms with Crippen molar-refractivity contribution < 1.29 is 13.2 Å². The first kappa shape index (κ1) is 13.4. The summed E-state index contributed by atoms with van der Waals surface area (Å²) in [6, 6.07) is 0.0117. The van der Waals surface area contributed by atoms with Crippen LogP contribution in [0.5, 0.6) is 0 Å². The average molecular weight is 236 g/mol. The molecule has 1 rings (SSSR count). The van der Waals surface area contributed by atoms with Crippen LogP contribution in [0.3, 0.4) is 0 Å². The van der Waals surface area contributed by atoms with E-state index in [1.807, 2.05) is 6.92 Å². The Morgan fingerprint density at radius 1 is 1.50 bits per heavy atom. The molecule has 0 saturated carbocycles. The number of nitrogens with zero attached hydrogens (tertiary/aromatic N) is 1. The second-order valence-electron chi connectivity index (χ2n) is 4.23. The highest BCUT2D eigenvalue weighted by Gasteiger charge is 2.38. The lowest BCUT2D eigenvalue weighted by molar-refractivity contribution is -0.113. The number of allylic oxidation sites excluding steroid dienone is 2. The molecule has 1 aliphatic rings. The molecule has 5 heteroatoms. The third kappa shape index (κ3) is 2.90. The zero-order valence-corrected chi connectivity index (χ0v) is 9.93. The number of halogens is 3. The van der Waals surface area contributed by atoms with Crippen LogP contribution in [0, 0.1) is 0 Å². The Balaban J connectivity index is 2.71. The number of likely N-dealkylation sites (N-methyl/N-ethyl adjacent to an activating group) is 1. The minimum Gasteiger partial charge on any atom is -0.367 e. The highest BCUT2D eigenvalue weighted by Crippen LogP contribution is 2.30. The summed E-state index contributed by atoms with van der Waals surface area (Å²) in [6.07, 6.45) is -1.15. The van der Waals surface area contributed by atoms with Gasteiger partial charge in [0, 0.05) is 19.1 Å². The lowest BCUT2D eigenvalue weighted by atomic mass is 10.1. The summed E-state index contributed by atoms with van der Waals surface area (Å²) in [4.78, 5) is 1.32. The van der Waals surface area contributed by atoms with Crippen LogP contribution < -0.4 is 5.32 Å². The van der Waals surface area contributed by atoms with E-state index in [1.165, 1.54) is 18.9 Å². The normalized spacial score (nSPS) is 24.6. The van der Waals surface area contributed by atoms with Crippen LogP contribution >= 0.6 is 0 Å². The van der Waals surface area contributed by atoms with Gasteiger partial charge in [-0.3, -0.25) is 0 Å². The minimum absolute atomic E-state index is 0.143. The molecule has 16 heavy (non-hydrogen) atoms. The number of hydrogen-bond acceptors (Lipinski definition) is 2. The molecule has 1 N–H and O–H groups in total. The molecule has 0 aromatic heterocycles. The maximum atomic E-state index is 12.7. The highest BCUT2D eigenvalue weighted by atomic mass is 19.4. The first-order valence-corrected chi connectivity index (χ1v) is 5.57. The average Bonchev–Trinajstić information content (AvgIpc) is 2.67. The number of rotatable bonds is 3.